The average molecular weight is 380 g/mol. The molecule has 0 bridgehead atoms. The Bertz CT molecular complexity index is 745. The molecule has 0 unspecified atom stereocenters. The standard InChI is InChI=1S/C18H21N3O2S.ClH/c1-2-12-3-5-13(6-4-12)16(22)20-17-15(8-10-24-17)18(23)21-9-7-14(19)11-21;/h3-6,8,10,14H,2,7,9,11,19H2,1H3,(H,20,22);1H/t14-;/m1./s1. The van der Waals surface area contributed by atoms with Crippen LogP contribution in [0.4, 0.5) is 5.00 Å². The minimum Gasteiger partial charge on any atom is -0.337 e. The zero-order valence-electron chi connectivity index (χ0n) is 14.0. The second kappa shape index (κ2) is 8.47. The van der Waals surface area contributed by atoms with Crippen LogP contribution in [0.5, 0.6) is 0 Å². The summed E-state index contributed by atoms with van der Waals surface area (Å²) in [4.78, 5) is 26.8. The predicted molar refractivity (Wildman–Crippen MR) is 104 cm³/mol. The van der Waals surface area contributed by atoms with E-state index in [1.165, 1.54) is 16.9 Å². The molecule has 1 aromatic carbocycles. The van der Waals surface area contributed by atoms with Gasteiger partial charge < -0.3 is 16.0 Å². The molecular weight excluding hydrogens is 358 g/mol. The van der Waals surface area contributed by atoms with Crippen LogP contribution in [-0.2, 0) is 6.42 Å². The molecule has 134 valence electrons. The minimum absolute atomic E-state index is 0. The van der Waals surface area contributed by atoms with Crippen molar-refractivity contribution in [2.45, 2.75) is 25.8 Å². The number of nitrogens with one attached hydrogen (secondary N) is 1. The molecule has 3 rings (SSSR count). The zero-order chi connectivity index (χ0) is 17.1. The van der Waals surface area contributed by atoms with Crippen molar-refractivity contribution in [3.63, 3.8) is 0 Å². The number of anilines is 1. The summed E-state index contributed by atoms with van der Waals surface area (Å²) in [5.41, 5.74) is 8.18. The Kier molecular flexibility index (Phi) is 6.58. The number of carbonyl (C=O) groups is 2. The lowest BCUT2D eigenvalue weighted by molar-refractivity contribution is 0.0792. The van der Waals surface area contributed by atoms with Crippen molar-refractivity contribution >= 4 is 40.6 Å². The van der Waals surface area contributed by atoms with E-state index in [0.29, 0.717) is 29.2 Å². The molecule has 1 aliphatic heterocycles. The van der Waals surface area contributed by atoms with E-state index in [2.05, 4.69) is 12.2 Å². The molecule has 1 saturated heterocycles. The first kappa shape index (κ1) is 19.4. The molecule has 7 heteroatoms. The lowest BCUT2D eigenvalue weighted by Gasteiger charge is -2.16. The number of amides is 2. The first-order chi connectivity index (χ1) is 11.6. The lowest BCUT2D eigenvalue weighted by atomic mass is 10.1. The highest BCUT2D eigenvalue weighted by Crippen LogP contribution is 2.26. The summed E-state index contributed by atoms with van der Waals surface area (Å²) in [5, 5.41) is 5.27. The van der Waals surface area contributed by atoms with E-state index in [9.17, 15) is 9.59 Å². The minimum atomic E-state index is -0.202. The van der Waals surface area contributed by atoms with Crippen LogP contribution in [-0.4, -0.2) is 35.8 Å². The zero-order valence-corrected chi connectivity index (χ0v) is 15.7. The number of nitrogens with zero attached hydrogens (tertiary/aromatic N) is 1. The van der Waals surface area contributed by atoms with Crippen molar-refractivity contribution < 1.29 is 9.59 Å². The fourth-order valence-corrected chi connectivity index (χ4v) is 3.56. The summed E-state index contributed by atoms with van der Waals surface area (Å²) in [6.07, 6.45) is 1.75. The molecule has 2 amide bonds. The summed E-state index contributed by atoms with van der Waals surface area (Å²) in [6, 6.07) is 9.31. The number of likely N-dealkylation sites (tertiary alicyclic amines) is 1. The fraction of sp³-hybridized carbons (Fsp3) is 0.333. The Morgan fingerprint density at radius 1 is 1.28 bits per heavy atom. The van der Waals surface area contributed by atoms with E-state index in [0.717, 1.165) is 12.8 Å². The molecule has 1 aliphatic rings. The summed E-state index contributed by atoms with van der Waals surface area (Å²) in [6.45, 7) is 3.31. The normalized spacial score (nSPS) is 16.4. The quantitative estimate of drug-likeness (QED) is 0.856. The molecule has 0 spiro atoms. The van der Waals surface area contributed by atoms with Crippen molar-refractivity contribution in [3.05, 3.63) is 52.4 Å². The Balaban J connectivity index is 0.00000225. The second-order valence-corrected chi connectivity index (χ2v) is 6.88. The van der Waals surface area contributed by atoms with Crippen LogP contribution in [0.1, 0.15) is 39.6 Å². The Morgan fingerprint density at radius 3 is 2.60 bits per heavy atom. The van der Waals surface area contributed by atoms with Gasteiger partial charge in [-0.15, -0.1) is 23.7 Å². The van der Waals surface area contributed by atoms with Gasteiger partial charge in [-0.1, -0.05) is 19.1 Å². The highest BCUT2D eigenvalue weighted by Gasteiger charge is 2.27. The van der Waals surface area contributed by atoms with Gasteiger partial charge in [0.15, 0.2) is 0 Å². The van der Waals surface area contributed by atoms with Crippen molar-refractivity contribution in [1.82, 2.24) is 4.90 Å². The largest absolute Gasteiger partial charge is 0.337 e. The smallest absolute Gasteiger partial charge is 0.256 e. The average Bonchev–Trinajstić information content (AvgIpc) is 3.23. The summed E-state index contributed by atoms with van der Waals surface area (Å²) < 4.78 is 0. The summed E-state index contributed by atoms with van der Waals surface area (Å²) in [5.74, 6) is -0.270. The number of benzene rings is 1. The van der Waals surface area contributed by atoms with Gasteiger partial charge in [0.1, 0.15) is 5.00 Å². The SMILES string of the molecule is CCc1ccc(C(=O)Nc2sccc2C(=O)N2CC[C@@H](N)C2)cc1.Cl. The number of carbonyl (C=O) groups excluding carboxylic acids is 2. The van der Waals surface area contributed by atoms with Gasteiger partial charge in [0.05, 0.1) is 5.56 Å². The molecule has 25 heavy (non-hydrogen) atoms. The molecule has 2 aromatic rings. The third-order valence-corrected chi connectivity index (χ3v) is 5.09. The summed E-state index contributed by atoms with van der Waals surface area (Å²) >= 11 is 1.36. The maximum Gasteiger partial charge on any atom is 0.256 e. The molecule has 2 heterocycles. The topological polar surface area (TPSA) is 75.4 Å². The number of rotatable bonds is 4. The maximum atomic E-state index is 12.6. The van der Waals surface area contributed by atoms with Gasteiger partial charge in [0.25, 0.3) is 11.8 Å². The third kappa shape index (κ3) is 4.39. The van der Waals surface area contributed by atoms with Crippen LogP contribution < -0.4 is 11.1 Å². The van der Waals surface area contributed by atoms with E-state index >= 15 is 0 Å². The number of hydrogen-bond donors (Lipinski definition) is 2. The van der Waals surface area contributed by atoms with E-state index < -0.39 is 0 Å². The number of aryl methyl sites for hydroxylation is 1. The van der Waals surface area contributed by atoms with Gasteiger partial charge in [-0.3, -0.25) is 9.59 Å². The first-order valence-corrected chi connectivity index (χ1v) is 8.99. The molecule has 0 radical (unpaired) electrons. The Labute approximate surface area is 157 Å². The molecular formula is C18H22ClN3O2S. The molecule has 5 nitrogen and oxygen atoms in total. The van der Waals surface area contributed by atoms with Gasteiger partial charge in [-0.2, -0.15) is 0 Å². The van der Waals surface area contributed by atoms with Crippen molar-refractivity contribution in [2.24, 2.45) is 5.73 Å². The molecule has 3 N–H and O–H groups in total. The van der Waals surface area contributed by atoms with Crippen LogP contribution in [0, 0.1) is 0 Å². The molecule has 1 fully saturated rings. The van der Waals surface area contributed by atoms with Crippen LogP contribution in [0.2, 0.25) is 0 Å². The van der Waals surface area contributed by atoms with Gasteiger partial charge in [0.2, 0.25) is 0 Å². The molecule has 1 aromatic heterocycles. The van der Waals surface area contributed by atoms with Crippen LogP contribution in [0.3, 0.4) is 0 Å². The fourth-order valence-electron chi connectivity index (χ4n) is 2.78. The van der Waals surface area contributed by atoms with E-state index in [-0.39, 0.29) is 30.3 Å². The number of thiophene rings is 1. The maximum absolute atomic E-state index is 12.6. The highest BCUT2D eigenvalue weighted by molar-refractivity contribution is 7.14. The Morgan fingerprint density at radius 2 is 2.00 bits per heavy atom. The van der Waals surface area contributed by atoms with Gasteiger partial charge in [-0.25, -0.2) is 0 Å². The first-order valence-electron chi connectivity index (χ1n) is 8.11. The van der Waals surface area contributed by atoms with Crippen molar-refractivity contribution in [2.75, 3.05) is 18.4 Å². The van der Waals surface area contributed by atoms with Crippen LogP contribution in [0.25, 0.3) is 0 Å². The number of hydrogen-bond acceptors (Lipinski definition) is 4. The van der Waals surface area contributed by atoms with Gasteiger partial charge in [-0.05, 0) is 42.0 Å². The molecule has 0 saturated carbocycles. The van der Waals surface area contributed by atoms with Crippen LogP contribution in [0.15, 0.2) is 35.7 Å². The van der Waals surface area contributed by atoms with Gasteiger partial charge in [0, 0.05) is 24.7 Å². The summed E-state index contributed by atoms with van der Waals surface area (Å²) in [7, 11) is 0. The van der Waals surface area contributed by atoms with Crippen molar-refractivity contribution in [1.29, 1.82) is 0 Å². The Hall–Kier alpha value is -1.89. The third-order valence-electron chi connectivity index (χ3n) is 4.26. The number of nitrogens with two attached hydrogens (primary N) is 1. The van der Waals surface area contributed by atoms with E-state index in [1.54, 1.807) is 11.0 Å². The van der Waals surface area contributed by atoms with Gasteiger partial charge >= 0.3 is 0 Å². The van der Waals surface area contributed by atoms with E-state index in [1.807, 2.05) is 29.6 Å². The van der Waals surface area contributed by atoms with E-state index in [4.69, 9.17) is 5.73 Å². The highest BCUT2D eigenvalue weighted by atomic mass is 35.5. The monoisotopic (exact) mass is 379 g/mol. The lowest BCUT2D eigenvalue weighted by Crippen LogP contribution is -2.32. The van der Waals surface area contributed by atoms with Crippen LogP contribution >= 0.6 is 23.7 Å². The molecule has 0 aliphatic carbocycles. The number of halogens is 1. The predicted octanol–water partition coefficient (Wildman–Crippen LogP) is 3.16. The second-order valence-electron chi connectivity index (χ2n) is 5.97. The molecule has 1 atom stereocenters. The van der Waals surface area contributed by atoms with Crippen molar-refractivity contribution in [3.8, 4) is 0 Å².